The monoisotopic (exact) mass is 244 g/mol. The number of fused-ring (bicyclic) bond motifs is 1. The molecule has 1 saturated carbocycles. The lowest BCUT2D eigenvalue weighted by molar-refractivity contribution is 0.161. The maximum absolute atomic E-state index is 6.04. The Morgan fingerprint density at radius 2 is 1.94 bits per heavy atom. The maximum atomic E-state index is 6.04. The van der Waals surface area contributed by atoms with Crippen LogP contribution >= 0.6 is 0 Å². The fourth-order valence-corrected chi connectivity index (χ4v) is 3.72. The second-order valence-corrected chi connectivity index (χ2v) is 5.85. The Bertz CT molecular complexity index is 396. The second kappa shape index (κ2) is 5.41. The molecule has 1 unspecified atom stereocenters. The van der Waals surface area contributed by atoms with Crippen LogP contribution in [0.25, 0.3) is 0 Å². The Kier molecular flexibility index (Phi) is 3.67. The van der Waals surface area contributed by atoms with E-state index in [0.717, 1.165) is 12.5 Å². The third kappa shape index (κ3) is 2.32. The first kappa shape index (κ1) is 12.2. The molecule has 0 radical (unpaired) electrons. The molecule has 2 N–H and O–H groups in total. The van der Waals surface area contributed by atoms with Gasteiger partial charge in [0.05, 0.1) is 0 Å². The molecule has 1 aromatic rings. The van der Waals surface area contributed by atoms with Gasteiger partial charge >= 0.3 is 0 Å². The van der Waals surface area contributed by atoms with Crippen molar-refractivity contribution in [2.75, 3.05) is 19.6 Å². The Morgan fingerprint density at radius 1 is 1.17 bits per heavy atom. The van der Waals surface area contributed by atoms with Crippen LogP contribution < -0.4 is 5.73 Å². The van der Waals surface area contributed by atoms with Gasteiger partial charge in [0.25, 0.3) is 0 Å². The molecule has 2 heteroatoms. The summed E-state index contributed by atoms with van der Waals surface area (Å²) >= 11 is 0. The molecule has 1 aromatic carbocycles. The van der Waals surface area contributed by atoms with Crippen LogP contribution in [0.1, 0.15) is 42.9 Å². The van der Waals surface area contributed by atoms with Gasteiger partial charge in [0, 0.05) is 25.7 Å². The highest BCUT2D eigenvalue weighted by Crippen LogP contribution is 2.32. The highest BCUT2D eigenvalue weighted by Gasteiger charge is 2.28. The largest absolute Gasteiger partial charge is 0.329 e. The Morgan fingerprint density at radius 3 is 2.72 bits per heavy atom. The number of hydrogen-bond acceptors (Lipinski definition) is 2. The van der Waals surface area contributed by atoms with E-state index in [-0.39, 0.29) is 0 Å². The van der Waals surface area contributed by atoms with Crippen molar-refractivity contribution in [3.8, 4) is 0 Å². The van der Waals surface area contributed by atoms with E-state index >= 15 is 0 Å². The van der Waals surface area contributed by atoms with Gasteiger partial charge in [0.1, 0.15) is 0 Å². The minimum Gasteiger partial charge on any atom is -0.329 e. The first-order valence-electron chi connectivity index (χ1n) is 7.40. The van der Waals surface area contributed by atoms with Crippen LogP contribution in [0.4, 0.5) is 0 Å². The van der Waals surface area contributed by atoms with Gasteiger partial charge < -0.3 is 5.73 Å². The summed E-state index contributed by atoms with van der Waals surface area (Å²) in [5, 5.41) is 0. The summed E-state index contributed by atoms with van der Waals surface area (Å²) in [5.41, 5.74) is 9.03. The number of nitrogens with zero attached hydrogens (tertiary/aromatic N) is 1. The molecule has 1 heterocycles. The van der Waals surface area contributed by atoms with E-state index in [2.05, 4.69) is 29.2 Å². The third-order valence-corrected chi connectivity index (χ3v) is 4.71. The van der Waals surface area contributed by atoms with Crippen LogP contribution in [0.3, 0.4) is 0 Å². The summed E-state index contributed by atoms with van der Waals surface area (Å²) in [7, 11) is 0. The minimum atomic E-state index is 0.454. The molecule has 0 saturated heterocycles. The van der Waals surface area contributed by atoms with Crippen LogP contribution in [-0.2, 0) is 6.42 Å². The van der Waals surface area contributed by atoms with Crippen LogP contribution in [0, 0.1) is 5.92 Å². The molecule has 98 valence electrons. The average Bonchev–Trinajstić information content (AvgIpc) is 2.91. The fourth-order valence-electron chi connectivity index (χ4n) is 3.72. The van der Waals surface area contributed by atoms with Gasteiger partial charge in [-0.05, 0) is 36.3 Å². The number of nitrogens with two attached hydrogens (primary N) is 1. The van der Waals surface area contributed by atoms with Crippen molar-refractivity contribution in [1.29, 1.82) is 0 Å². The van der Waals surface area contributed by atoms with Crippen molar-refractivity contribution in [3.05, 3.63) is 35.4 Å². The predicted molar refractivity (Wildman–Crippen MR) is 75.5 cm³/mol. The minimum absolute atomic E-state index is 0.454. The molecule has 18 heavy (non-hydrogen) atoms. The lowest BCUT2D eigenvalue weighted by Gasteiger charge is -2.38. The van der Waals surface area contributed by atoms with Crippen molar-refractivity contribution in [1.82, 2.24) is 4.90 Å². The number of benzene rings is 1. The second-order valence-electron chi connectivity index (χ2n) is 5.85. The standard InChI is InChI=1S/C16H24N2/c17-11-16-15-8-4-3-7-14(15)9-10-18(16)12-13-5-1-2-6-13/h3-4,7-8,13,16H,1-2,5-6,9-12,17H2. The molecule has 0 spiro atoms. The highest BCUT2D eigenvalue weighted by molar-refractivity contribution is 5.32. The predicted octanol–water partition coefficient (Wildman–Crippen LogP) is 2.73. The van der Waals surface area contributed by atoms with Gasteiger partial charge in [-0.1, -0.05) is 37.1 Å². The van der Waals surface area contributed by atoms with Crippen molar-refractivity contribution in [2.24, 2.45) is 11.7 Å². The molecular formula is C16H24N2. The Hall–Kier alpha value is -0.860. The van der Waals surface area contributed by atoms with Crippen LogP contribution in [0.2, 0.25) is 0 Å². The Balaban J connectivity index is 1.76. The summed E-state index contributed by atoms with van der Waals surface area (Å²) in [5.74, 6) is 0.921. The van der Waals surface area contributed by atoms with Gasteiger partial charge in [0.2, 0.25) is 0 Å². The zero-order valence-corrected chi connectivity index (χ0v) is 11.1. The Labute approximate surface area is 110 Å². The molecule has 2 nitrogen and oxygen atoms in total. The van der Waals surface area contributed by atoms with Gasteiger partial charge in [0.15, 0.2) is 0 Å². The molecule has 0 amide bonds. The highest BCUT2D eigenvalue weighted by atomic mass is 15.2. The number of hydrogen-bond donors (Lipinski definition) is 1. The van der Waals surface area contributed by atoms with Gasteiger partial charge in [-0.2, -0.15) is 0 Å². The molecule has 2 aliphatic rings. The van der Waals surface area contributed by atoms with E-state index in [4.69, 9.17) is 5.73 Å². The van der Waals surface area contributed by atoms with E-state index < -0.39 is 0 Å². The van der Waals surface area contributed by atoms with E-state index in [9.17, 15) is 0 Å². The lowest BCUT2D eigenvalue weighted by atomic mass is 9.91. The molecule has 1 aliphatic heterocycles. The van der Waals surface area contributed by atoms with Crippen molar-refractivity contribution >= 4 is 0 Å². The normalized spacial score (nSPS) is 25.3. The van der Waals surface area contributed by atoms with Crippen LogP contribution in [0.5, 0.6) is 0 Å². The summed E-state index contributed by atoms with van der Waals surface area (Å²) in [6.07, 6.45) is 6.91. The molecule has 1 fully saturated rings. The quantitative estimate of drug-likeness (QED) is 0.886. The topological polar surface area (TPSA) is 29.3 Å². The fraction of sp³-hybridized carbons (Fsp3) is 0.625. The summed E-state index contributed by atoms with van der Waals surface area (Å²) in [4.78, 5) is 2.64. The molecule has 0 bridgehead atoms. The van der Waals surface area contributed by atoms with Crippen LogP contribution in [0.15, 0.2) is 24.3 Å². The SMILES string of the molecule is NCC1c2ccccc2CCN1CC1CCCC1. The van der Waals surface area contributed by atoms with Gasteiger partial charge in [-0.25, -0.2) is 0 Å². The van der Waals surface area contributed by atoms with E-state index in [1.54, 1.807) is 0 Å². The summed E-state index contributed by atoms with van der Waals surface area (Å²) in [6, 6.07) is 9.30. The molecule has 0 aromatic heterocycles. The van der Waals surface area contributed by atoms with Crippen molar-refractivity contribution in [3.63, 3.8) is 0 Å². The number of rotatable bonds is 3. The van der Waals surface area contributed by atoms with Crippen molar-refractivity contribution < 1.29 is 0 Å². The van der Waals surface area contributed by atoms with E-state index in [0.29, 0.717) is 6.04 Å². The van der Waals surface area contributed by atoms with E-state index in [1.165, 1.54) is 56.3 Å². The van der Waals surface area contributed by atoms with Gasteiger partial charge in [-0.15, -0.1) is 0 Å². The zero-order chi connectivity index (χ0) is 12.4. The van der Waals surface area contributed by atoms with Gasteiger partial charge in [-0.3, -0.25) is 4.90 Å². The smallest absolute Gasteiger partial charge is 0.0473 e. The summed E-state index contributed by atoms with van der Waals surface area (Å²) in [6.45, 7) is 3.20. The van der Waals surface area contributed by atoms with Crippen molar-refractivity contribution in [2.45, 2.75) is 38.1 Å². The molecular weight excluding hydrogens is 220 g/mol. The van der Waals surface area contributed by atoms with Crippen LogP contribution in [-0.4, -0.2) is 24.5 Å². The maximum Gasteiger partial charge on any atom is 0.0473 e. The third-order valence-electron chi connectivity index (χ3n) is 4.71. The molecule has 3 rings (SSSR count). The zero-order valence-electron chi connectivity index (χ0n) is 11.1. The first-order chi connectivity index (χ1) is 8.88. The lowest BCUT2D eigenvalue weighted by Crippen LogP contribution is -2.41. The summed E-state index contributed by atoms with van der Waals surface area (Å²) < 4.78 is 0. The average molecular weight is 244 g/mol. The first-order valence-corrected chi connectivity index (χ1v) is 7.40. The van der Waals surface area contributed by atoms with E-state index in [1.807, 2.05) is 0 Å². The molecule has 1 aliphatic carbocycles. The molecule has 1 atom stereocenters.